The Labute approximate surface area is 156 Å². The van der Waals surface area contributed by atoms with E-state index in [1.54, 1.807) is 13.0 Å². The first-order valence-corrected chi connectivity index (χ1v) is 9.02. The molecule has 2 aromatic carbocycles. The number of benzene rings is 2. The van der Waals surface area contributed by atoms with Gasteiger partial charge in [0.15, 0.2) is 0 Å². The highest BCUT2D eigenvalue weighted by Gasteiger charge is 2.16. The molecule has 0 unspecified atom stereocenters. The van der Waals surface area contributed by atoms with E-state index in [1.807, 2.05) is 0 Å². The van der Waals surface area contributed by atoms with Crippen LogP contribution >= 0.6 is 0 Å². The Hall–Kier alpha value is -2.55. The summed E-state index contributed by atoms with van der Waals surface area (Å²) >= 11 is 0. The summed E-state index contributed by atoms with van der Waals surface area (Å²) in [6, 6.07) is 8.92. The zero-order valence-electron chi connectivity index (χ0n) is 16.8. The predicted octanol–water partition coefficient (Wildman–Crippen LogP) is 5.90. The van der Waals surface area contributed by atoms with Crippen molar-refractivity contribution in [3.63, 3.8) is 0 Å². The van der Waals surface area contributed by atoms with Gasteiger partial charge in [0, 0.05) is 17.3 Å². The van der Waals surface area contributed by atoms with Crippen molar-refractivity contribution in [2.24, 2.45) is 0 Å². The smallest absolute Gasteiger partial charge is 0.331 e. The van der Waals surface area contributed by atoms with E-state index in [1.165, 1.54) is 22.3 Å². The summed E-state index contributed by atoms with van der Waals surface area (Å²) in [7, 11) is 0. The molecule has 0 saturated carbocycles. The van der Waals surface area contributed by atoms with Gasteiger partial charge in [-0.1, -0.05) is 12.1 Å². The van der Waals surface area contributed by atoms with E-state index in [0.29, 0.717) is 11.6 Å². The minimum Gasteiger partial charge on any atom is -0.478 e. The maximum absolute atomic E-state index is 11.2. The highest BCUT2D eigenvalue weighted by molar-refractivity contribution is 5.92. The average Bonchev–Trinajstić information content (AvgIpc) is 2.58. The van der Waals surface area contributed by atoms with E-state index in [-0.39, 0.29) is 0 Å². The first kappa shape index (κ1) is 19.8. The second kappa shape index (κ2) is 7.77. The van der Waals surface area contributed by atoms with Crippen LogP contribution in [0.5, 0.6) is 0 Å². The van der Waals surface area contributed by atoms with Gasteiger partial charge >= 0.3 is 5.97 Å². The van der Waals surface area contributed by atoms with Crippen molar-refractivity contribution in [1.82, 2.24) is 0 Å². The number of carboxylic acid groups (broad SMARTS) is 1. The number of aliphatic carboxylic acids is 1. The van der Waals surface area contributed by atoms with Crippen LogP contribution in [-0.2, 0) is 4.79 Å². The van der Waals surface area contributed by atoms with Crippen LogP contribution in [0, 0.1) is 27.7 Å². The molecule has 3 nitrogen and oxygen atoms in total. The molecule has 0 saturated heterocycles. The third-order valence-electron chi connectivity index (χ3n) is 5.01. The van der Waals surface area contributed by atoms with Crippen LogP contribution in [0.1, 0.15) is 48.6 Å². The molecule has 0 aliphatic heterocycles. The molecule has 2 rings (SSSR count). The van der Waals surface area contributed by atoms with E-state index in [0.717, 1.165) is 22.4 Å². The number of carbonyl (C=O) groups is 1. The summed E-state index contributed by atoms with van der Waals surface area (Å²) < 4.78 is 0. The molecule has 0 atom stereocenters. The topological polar surface area (TPSA) is 49.3 Å². The van der Waals surface area contributed by atoms with E-state index in [4.69, 9.17) is 0 Å². The summed E-state index contributed by atoms with van der Waals surface area (Å²) in [5, 5.41) is 12.6. The van der Waals surface area contributed by atoms with Crippen molar-refractivity contribution in [2.45, 2.75) is 54.5 Å². The first-order chi connectivity index (χ1) is 12.1. The highest BCUT2D eigenvalue weighted by Crippen LogP contribution is 2.35. The lowest BCUT2D eigenvalue weighted by Crippen LogP contribution is -2.09. The van der Waals surface area contributed by atoms with E-state index >= 15 is 0 Å². The fraction of sp³-hybridized carbons (Fsp3) is 0.348. The van der Waals surface area contributed by atoms with Gasteiger partial charge in [0.05, 0.1) is 0 Å². The summed E-state index contributed by atoms with van der Waals surface area (Å²) in [4.78, 5) is 11.2. The normalized spacial score (nSPS) is 11.8. The molecule has 0 fully saturated rings. The van der Waals surface area contributed by atoms with Crippen molar-refractivity contribution in [3.8, 4) is 11.1 Å². The van der Waals surface area contributed by atoms with E-state index in [2.05, 4.69) is 71.1 Å². The van der Waals surface area contributed by atoms with Crippen molar-refractivity contribution in [3.05, 3.63) is 57.7 Å². The molecule has 0 amide bonds. The Morgan fingerprint density at radius 2 is 1.46 bits per heavy atom. The van der Waals surface area contributed by atoms with Gasteiger partial charge in [0.1, 0.15) is 0 Å². The summed E-state index contributed by atoms with van der Waals surface area (Å²) in [6.07, 6.45) is 1.78. The lowest BCUT2D eigenvalue weighted by Gasteiger charge is -2.20. The van der Waals surface area contributed by atoms with Crippen LogP contribution in [0.2, 0.25) is 0 Å². The molecule has 138 valence electrons. The van der Waals surface area contributed by atoms with Gasteiger partial charge in [-0.15, -0.1) is 0 Å². The van der Waals surface area contributed by atoms with Gasteiger partial charge in [0.25, 0.3) is 0 Å². The van der Waals surface area contributed by atoms with Gasteiger partial charge in [0.2, 0.25) is 0 Å². The molecule has 0 heterocycles. The van der Waals surface area contributed by atoms with Gasteiger partial charge in [-0.3, -0.25) is 0 Å². The number of anilines is 1. The van der Waals surface area contributed by atoms with Gasteiger partial charge < -0.3 is 10.4 Å². The molecule has 0 radical (unpaired) electrons. The molecule has 0 aromatic heterocycles. The lowest BCUT2D eigenvalue weighted by atomic mass is 9.85. The molecule has 2 aromatic rings. The molecule has 0 aliphatic carbocycles. The van der Waals surface area contributed by atoms with Crippen LogP contribution in [0.4, 0.5) is 5.69 Å². The second-order valence-electron chi connectivity index (χ2n) is 7.30. The fourth-order valence-electron chi connectivity index (χ4n) is 3.34. The highest BCUT2D eigenvalue weighted by atomic mass is 16.4. The van der Waals surface area contributed by atoms with Crippen LogP contribution in [0.3, 0.4) is 0 Å². The summed E-state index contributed by atoms with van der Waals surface area (Å²) in [5.74, 6) is -0.878. The number of nitrogens with one attached hydrogen (secondary N) is 1. The molecule has 0 aliphatic rings. The standard InChI is InChI=1S/C23H29NO2/c1-13(2)24-20-10-8-19(9-11-20)22-17(6)15(4)21(16(5)18(22)7)12-14(3)23(25)26/h8-13,24H,1-7H3,(H,25,26). The van der Waals surface area contributed by atoms with Crippen LogP contribution in [-0.4, -0.2) is 17.1 Å². The molecule has 0 spiro atoms. The molecule has 2 N–H and O–H groups in total. The Morgan fingerprint density at radius 1 is 0.962 bits per heavy atom. The molecule has 3 heteroatoms. The van der Waals surface area contributed by atoms with Crippen molar-refractivity contribution < 1.29 is 9.90 Å². The minimum absolute atomic E-state index is 0.354. The Bertz CT molecular complexity index is 830. The third-order valence-corrected chi connectivity index (χ3v) is 5.01. The molecule has 0 bridgehead atoms. The number of carboxylic acids is 1. The Morgan fingerprint density at radius 3 is 1.88 bits per heavy atom. The first-order valence-electron chi connectivity index (χ1n) is 9.02. The zero-order chi connectivity index (χ0) is 19.6. The quantitative estimate of drug-likeness (QED) is 0.660. The predicted molar refractivity (Wildman–Crippen MR) is 111 cm³/mol. The van der Waals surface area contributed by atoms with Crippen LogP contribution in [0.25, 0.3) is 17.2 Å². The fourth-order valence-corrected chi connectivity index (χ4v) is 3.34. The van der Waals surface area contributed by atoms with E-state index < -0.39 is 5.97 Å². The number of rotatable bonds is 5. The van der Waals surface area contributed by atoms with E-state index in [9.17, 15) is 9.90 Å². The van der Waals surface area contributed by atoms with Crippen molar-refractivity contribution >= 4 is 17.7 Å². The van der Waals surface area contributed by atoms with Crippen molar-refractivity contribution in [1.29, 1.82) is 0 Å². The number of hydrogen-bond acceptors (Lipinski definition) is 2. The Kier molecular flexibility index (Phi) is 5.91. The molecular weight excluding hydrogens is 322 g/mol. The van der Waals surface area contributed by atoms with Crippen molar-refractivity contribution in [2.75, 3.05) is 5.32 Å². The summed E-state index contributed by atoms with van der Waals surface area (Å²) in [6.45, 7) is 14.3. The minimum atomic E-state index is -0.878. The van der Waals surface area contributed by atoms with Gasteiger partial charge in [-0.25, -0.2) is 4.79 Å². The monoisotopic (exact) mass is 351 g/mol. The number of hydrogen-bond donors (Lipinski definition) is 2. The van der Waals surface area contributed by atoms with Gasteiger partial charge in [-0.05, 0) is 106 Å². The molecular formula is C23H29NO2. The summed E-state index contributed by atoms with van der Waals surface area (Å²) in [5.41, 5.74) is 9.57. The zero-order valence-corrected chi connectivity index (χ0v) is 16.8. The Balaban J connectivity index is 2.58. The van der Waals surface area contributed by atoms with Gasteiger partial charge in [-0.2, -0.15) is 0 Å². The SMILES string of the molecule is CC(=Cc1c(C)c(C)c(-c2ccc(NC(C)C)cc2)c(C)c1C)C(=O)O. The largest absolute Gasteiger partial charge is 0.478 e. The maximum Gasteiger partial charge on any atom is 0.331 e. The lowest BCUT2D eigenvalue weighted by molar-refractivity contribution is -0.132. The maximum atomic E-state index is 11.2. The van der Waals surface area contributed by atoms with Crippen LogP contribution in [0.15, 0.2) is 29.8 Å². The third kappa shape index (κ3) is 3.98. The van der Waals surface area contributed by atoms with Crippen LogP contribution < -0.4 is 5.32 Å². The average molecular weight is 351 g/mol. The second-order valence-corrected chi connectivity index (χ2v) is 7.30. The molecule has 26 heavy (non-hydrogen) atoms.